The first-order valence-corrected chi connectivity index (χ1v) is 17.4. The second-order valence-corrected chi connectivity index (χ2v) is 13.0. The van der Waals surface area contributed by atoms with E-state index in [-0.39, 0.29) is 24.0 Å². The number of hydrogen-bond acceptors (Lipinski definition) is 11. The average Bonchev–Trinajstić information content (AvgIpc) is 3.70. The van der Waals surface area contributed by atoms with Crippen LogP contribution in [0.3, 0.4) is 0 Å². The predicted octanol–water partition coefficient (Wildman–Crippen LogP) is 5.74. The molecule has 1 saturated heterocycles. The number of Topliss-reactive ketones (excluding diaryl/α,β-unsaturated/α-hetero) is 1. The molecule has 1 aliphatic carbocycles. The number of carboxylic acids is 1. The molecule has 2 heterocycles. The predicted molar refractivity (Wildman–Crippen MR) is 182 cm³/mol. The van der Waals surface area contributed by atoms with E-state index in [0.29, 0.717) is 48.6 Å². The van der Waals surface area contributed by atoms with E-state index in [1.165, 1.54) is 6.34 Å². The Morgan fingerprint density at radius 3 is 2.44 bits per heavy atom. The van der Waals surface area contributed by atoms with Crippen LogP contribution in [0.4, 0.5) is 0 Å². The Hall–Kier alpha value is -4.81. The molecule has 2 aromatic rings. The number of aliphatic imine (C=N–C) groups is 1. The van der Waals surface area contributed by atoms with Crippen LogP contribution in [0.1, 0.15) is 81.4 Å². The van der Waals surface area contributed by atoms with E-state index < -0.39 is 42.8 Å². The molecule has 4 atom stereocenters. The number of carbonyl (C=O) groups is 4. The molecule has 3 aliphatic rings. The van der Waals surface area contributed by atoms with Gasteiger partial charge in [-0.25, -0.2) is 14.6 Å². The number of piperidine rings is 1. The summed E-state index contributed by atoms with van der Waals surface area (Å²) in [5, 5.41) is 16.7. The Labute approximate surface area is 292 Å². The van der Waals surface area contributed by atoms with Crippen LogP contribution < -0.4 is 14.2 Å². The van der Waals surface area contributed by atoms with Gasteiger partial charge in [-0.2, -0.15) is 5.11 Å². The number of carbonyl (C=O) groups excluding carboxylic acids is 3. The maximum atomic E-state index is 14.4. The number of likely N-dealkylation sites (tertiary alicyclic amines) is 1. The van der Waals surface area contributed by atoms with Gasteiger partial charge in [0.25, 0.3) is 0 Å². The van der Waals surface area contributed by atoms with E-state index in [0.717, 1.165) is 50.5 Å². The van der Waals surface area contributed by atoms with Crippen molar-refractivity contribution in [2.45, 2.75) is 88.9 Å². The molecule has 0 aromatic heterocycles. The summed E-state index contributed by atoms with van der Waals surface area (Å²) in [5.41, 5.74) is 1.56. The number of rotatable bonds is 16. The minimum atomic E-state index is -1.11. The lowest BCUT2D eigenvalue weighted by molar-refractivity contribution is -0.164. The second-order valence-electron chi connectivity index (χ2n) is 13.0. The number of carboxylic acid groups (broad SMARTS) is 1. The van der Waals surface area contributed by atoms with Crippen molar-refractivity contribution in [3.05, 3.63) is 53.6 Å². The molecule has 3 unspecified atom stereocenters. The Morgan fingerprint density at radius 1 is 0.940 bits per heavy atom. The maximum Gasteiger partial charge on any atom is 0.341 e. The molecule has 1 saturated carbocycles. The molecule has 268 valence electrons. The lowest BCUT2D eigenvalue weighted by Crippen LogP contribution is -2.52. The van der Waals surface area contributed by atoms with E-state index in [1.807, 2.05) is 18.2 Å². The summed E-state index contributed by atoms with van der Waals surface area (Å²) in [4.78, 5) is 58.6. The topological polar surface area (TPSA) is 166 Å². The van der Waals surface area contributed by atoms with E-state index >= 15 is 0 Å². The van der Waals surface area contributed by atoms with Crippen LogP contribution in [-0.4, -0.2) is 79.6 Å². The van der Waals surface area contributed by atoms with Gasteiger partial charge in [0.2, 0.25) is 12.1 Å². The van der Waals surface area contributed by atoms with Gasteiger partial charge >= 0.3 is 11.9 Å². The average molecular weight is 691 g/mol. The normalized spacial score (nSPS) is 20.2. The number of esters is 1. The number of aliphatic carboxylic acids is 1. The fourth-order valence-electron chi connectivity index (χ4n) is 7.13. The van der Waals surface area contributed by atoms with Crippen LogP contribution in [-0.2, 0) is 30.3 Å². The smallest absolute Gasteiger partial charge is 0.341 e. The standard InChI is InChI=1S/C37H46N4O9/c1-47-32-17-15-24(19-33(32)48-2)14-16-31(26-11-8-12-27(20-26)49-22-34(43)44)50-37(46)29-13-6-7-18-41(29)36(45)28(25-9-4-3-5-10-25)21-30(42)35-38-23-39-40-35/h8,11-12,15,17,19-20,23,25,28-29,31,35H,3-7,9-10,13-14,16,18,21-22H2,1-2H3,(H,43,44)/t28?,29-,31?,35?/m0/s1. The summed E-state index contributed by atoms with van der Waals surface area (Å²) in [7, 11) is 3.13. The van der Waals surface area contributed by atoms with Crippen LogP contribution in [0, 0.1) is 11.8 Å². The zero-order chi connectivity index (χ0) is 35.5. The highest BCUT2D eigenvalue weighted by Crippen LogP contribution is 2.36. The Balaban J connectivity index is 1.37. The lowest BCUT2D eigenvalue weighted by atomic mass is 9.76. The van der Waals surface area contributed by atoms with E-state index in [1.54, 1.807) is 43.4 Å². The number of benzene rings is 2. The van der Waals surface area contributed by atoms with Gasteiger partial charge in [-0.15, -0.1) is 5.11 Å². The third-order valence-corrected chi connectivity index (χ3v) is 9.73. The van der Waals surface area contributed by atoms with Crippen molar-refractivity contribution >= 4 is 30.0 Å². The van der Waals surface area contributed by atoms with Crippen molar-refractivity contribution in [2.24, 2.45) is 27.1 Å². The van der Waals surface area contributed by atoms with E-state index in [2.05, 4.69) is 15.2 Å². The monoisotopic (exact) mass is 690 g/mol. The Kier molecular flexibility index (Phi) is 12.9. The third-order valence-electron chi connectivity index (χ3n) is 9.73. The van der Waals surface area contributed by atoms with Crippen molar-refractivity contribution in [2.75, 3.05) is 27.4 Å². The quantitative estimate of drug-likeness (QED) is 0.216. The van der Waals surface area contributed by atoms with Crippen molar-refractivity contribution in [1.82, 2.24) is 4.90 Å². The van der Waals surface area contributed by atoms with Gasteiger partial charge in [-0.3, -0.25) is 9.59 Å². The summed E-state index contributed by atoms with van der Waals surface area (Å²) in [5.74, 6) is -1.12. The molecule has 2 aromatic carbocycles. The molecule has 13 nitrogen and oxygen atoms in total. The molecule has 1 N–H and O–H groups in total. The number of methoxy groups -OCH3 is 2. The van der Waals surface area contributed by atoms with Crippen molar-refractivity contribution in [3.63, 3.8) is 0 Å². The zero-order valence-corrected chi connectivity index (χ0v) is 28.7. The van der Waals surface area contributed by atoms with Crippen LogP contribution in [0.2, 0.25) is 0 Å². The fraction of sp³-hybridized carbons (Fsp3) is 0.541. The zero-order valence-electron chi connectivity index (χ0n) is 28.7. The Morgan fingerprint density at radius 2 is 1.72 bits per heavy atom. The highest BCUT2D eigenvalue weighted by Gasteiger charge is 2.41. The van der Waals surface area contributed by atoms with Crippen molar-refractivity contribution < 1.29 is 43.2 Å². The van der Waals surface area contributed by atoms with Crippen LogP contribution in [0.5, 0.6) is 17.2 Å². The number of ether oxygens (including phenoxy) is 4. The molecule has 0 radical (unpaired) electrons. The SMILES string of the molecule is COc1ccc(CCC(OC(=O)[C@@H]2CCCCN2C(=O)C(CC(=O)C2N=CN=N2)C2CCCCC2)c2cccc(OCC(=O)O)c2)cc1OC. The number of nitrogens with zero attached hydrogens (tertiary/aromatic N) is 4. The summed E-state index contributed by atoms with van der Waals surface area (Å²) in [6.45, 7) is -0.120. The summed E-state index contributed by atoms with van der Waals surface area (Å²) in [6.07, 6.45) is 7.22. The minimum absolute atomic E-state index is 0.000121. The highest BCUT2D eigenvalue weighted by molar-refractivity contribution is 5.92. The van der Waals surface area contributed by atoms with Crippen molar-refractivity contribution in [1.29, 1.82) is 0 Å². The molecule has 0 spiro atoms. The first kappa shape index (κ1) is 36.5. The van der Waals surface area contributed by atoms with Gasteiger partial charge in [-0.1, -0.05) is 37.5 Å². The lowest BCUT2D eigenvalue weighted by Gasteiger charge is -2.39. The molecule has 5 rings (SSSR count). The fourth-order valence-corrected chi connectivity index (χ4v) is 7.13. The molecule has 1 amide bonds. The van der Waals surface area contributed by atoms with Gasteiger partial charge in [-0.05, 0) is 86.3 Å². The molecule has 2 aliphatic heterocycles. The second kappa shape index (κ2) is 17.7. The molecule has 13 heteroatoms. The molecule has 50 heavy (non-hydrogen) atoms. The summed E-state index contributed by atoms with van der Waals surface area (Å²) in [6, 6.07) is 11.6. The van der Waals surface area contributed by atoms with Crippen molar-refractivity contribution in [3.8, 4) is 17.2 Å². The van der Waals surface area contributed by atoms with E-state index in [4.69, 9.17) is 24.1 Å². The number of azo groups is 1. The number of hydrogen-bond donors (Lipinski definition) is 1. The van der Waals surface area contributed by atoms with Crippen LogP contribution in [0.15, 0.2) is 57.7 Å². The van der Waals surface area contributed by atoms with Gasteiger partial charge < -0.3 is 29.0 Å². The van der Waals surface area contributed by atoms with Gasteiger partial charge in [0.1, 0.15) is 24.2 Å². The van der Waals surface area contributed by atoms with Crippen LogP contribution >= 0.6 is 0 Å². The third kappa shape index (κ3) is 9.45. The largest absolute Gasteiger partial charge is 0.493 e. The number of amides is 1. The van der Waals surface area contributed by atoms with E-state index in [9.17, 15) is 19.2 Å². The molecule has 2 fully saturated rings. The number of ketones is 1. The Bertz CT molecular complexity index is 1560. The summed E-state index contributed by atoms with van der Waals surface area (Å²) < 4.78 is 22.5. The molecular formula is C37H46N4O9. The van der Waals surface area contributed by atoms with Gasteiger partial charge in [0, 0.05) is 18.9 Å². The highest BCUT2D eigenvalue weighted by atomic mass is 16.5. The number of aryl methyl sites for hydroxylation is 1. The maximum absolute atomic E-state index is 14.4. The molecule has 0 bridgehead atoms. The first-order valence-electron chi connectivity index (χ1n) is 17.4. The molecular weight excluding hydrogens is 644 g/mol. The van der Waals surface area contributed by atoms with Gasteiger partial charge in [0.05, 0.1) is 14.2 Å². The first-order chi connectivity index (χ1) is 24.3. The van der Waals surface area contributed by atoms with Crippen LogP contribution in [0.25, 0.3) is 0 Å². The summed E-state index contributed by atoms with van der Waals surface area (Å²) >= 11 is 0. The van der Waals surface area contributed by atoms with Gasteiger partial charge in [0.15, 0.2) is 23.9 Å². The minimum Gasteiger partial charge on any atom is -0.493 e.